The van der Waals surface area contributed by atoms with Gasteiger partial charge in [0.25, 0.3) is 0 Å². The van der Waals surface area contributed by atoms with Crippen LogP contribution < -0.4 is 25.6 Å². The van der Waals surface area contributed by atoms with Gasteiger partial charge in [-0.3, -0.25) is 0 Å². The number of anilines is 3. The van der Waals surface area contributed by atoms with Gasteiger partial charge in [-0.2, -0.15) is 0 Å². The van der Waals surface area contributed by atoms with Crippen molar-refractivity contribution in [2.75, 3.05) is 4.90 Å². The van der Waals surface area contributed by atoms with Crippen LogP contribution in [0, 0.1) is 0 Å². The zero-order valence-corrected chi connectivity index (χ0v) is 34.4. The van der Waals surface area contributed by atoms with Crippen molar-refractivity contribution in [1.82, 2.24) is 0 Å². The molecule has 0 atom stereocenters. The van der Waals surface area contributed by atoms with Gasteiger partial charge in [0.2, 0.25) is 0 Å². The van der Waals surface area contributed by atoms with Crippen LogP contribution in [0.2, 0.25) is 0 Å². The molecule has 9 aromatic carbocycles. The van der Waals surface area contributed by atoms with Crippen molar-refractivity contribution >= 4 is 68.4 Å². The Labute approximate surface area is 346 Å². The van der Waals surface area contributed by atoms with E-state index in [0.717, 1.165) is 11.4 Å². The molecule has 0 saturated heterocycles. The molecule has 276 valence electrons. The first-order chi connectivity index (χ1) is 28.5. The molecule has 0 spiro atoms. The minimum Gasteiger partial charge on any atom is -0.310 e. The monoisotopic (exact) mass is 775 g/mol. The molecule has 0 aromatic heterocycles. The summed E-state index contributed by atoms with van der Waals surface area (Å²) in [5, 5.41) is 8.20. The van der Waals surface area contributed by atoms with Crippen LogP contribution in [0.15, 0.2) is 222 Å². The fourth-order valence-corrected chi connectivity index (χ4v) is 17.0. The first kappa shape index (κ1) is 34.8. The van der Waals surface area contributed by atoms with Gasteiger partial charge >= 0.3 is 0 Å². The first-order valence-corrected chi connectivity index (χ1v) is 23.0. The van der Waals surface area contributed by atoms with Crippen molar-refractivity contribution in [2.45, 2.75) is 29.1 Å². The third kappa shape index (κ3) is 5.24. The van der Waals surface area contributed by atoms with Crippen LogP contribution in [0.3, 0.4) is 0 Å². The molecule has 9 aromatic rings. The van der Waals surface area contributed by atoms with E-state index in [-0.39, 0.29) is 5.41 Å². The Bertz CT molecular complexity index is 2960. The van der Waals surface area contributed by atoms with E-state index in [9.17, 15) is 0 Å². The summed E-state index contributed by atoms with van der Waals surface area (Å²) in [4.78, 5) is 5.17. The lowest BCUT2D eigenvalue weighted by molar-refractivity contribution is 0.660. The minimum atomic E-state index is -2.66. The van der Waals surface area contributed by atoms with E-state index in [1.807, 2.05) is 11.8 Å². The van der Waals surface area contributed by atoms with Crippen LogP contribution >= 0.6 is 11.8 Å². The summed E-state index contributed by atoms with van der Waals surface area (Å²) in [5.41, 5.74) is 11.3. The van der Waals surface area contributed by atoms with E-state index < -0.39 is 8.07 Å². The predicted octanol–water partition coefficient (Wildman–Crippen LogP) is 12.1. The molecule has 0 unspecified atom stereocenters. The van der Waals surface area contributed by atoms with Crippen LogP contribution in [0.4, 0.5) is 17.1 Å². The summed E-state index contributed by atoms with van der Waals surface area (Å²) < 4.78 is 0. The number of rotatable bonds is 6. The molecule has 1 aliphatic carbocycles. The van der Waals surface area contributed by atoms with Crippen LogP contribution in [0.25, 0.3) is 33.0 Å². The van der Waals surface area contributed by atoms with Crippen molar-refractivity contribution in [3.05, 3.63) is 223 Å². The summed E-state index contributed by atoms with van der Waals surface area (Å²) in [7, 11) is -2.66. The first-order valence-electron chi connectivity index (χ1n) is 20.2. The third-order valence-electron chi connectivity index (χ3n) is 12.6. The molecule has 2 aliphatic rings. The maximum absolute atomic E-state index is 2.66. The highest BCUT2D eigenvalue weighted by molar-refractivity contribution is 8.00. The standard InChI is InChI=1S/C55H41NSSi/c1-55(2)48-26-12-11-24-46(48)47-36-35-41(37-49(47)55)56(50-27-15-18-38-17-9-10-23-44(38)50)40-33-31-39(32-34-40)45-25-16-30-53-54(45)57-51-28-13-14-29-52(51)58(53,42-19-5-3-6-20-42)43-21-7-4-8-22-43/h3-37H,1-2H3. The molecule has 1 nitrogen and oxygen atoms in total. The molecule has 58 heavy (non-hydrogen) atoms. The number of fused-ring (bicyclic) bond motifs is 6. The van der Waals surface area contributed by atoms with Gasteiger partial charge in [-0.1, -0.05) is 202 Å². The van der Waals surface area contributed by atoms with Crippen molar-refractivity contribution in [3.63, 3.8) is 0 Å². The number of nitrogens with zero attached hydrogens (tertiary/aromatic N) is 1. The van der Waals surface area contributed by atoms with Crippen LogP contribution in [0.1, 0.15) is 25.0 Å². The molecule has 0 amide bonds. The van der Waals surface area contributed by atoms with Gasteiger partial charge < -0.3 is 4.90 Å². The van der Waals surface area contributed by atoms with Gasteiger partial charge in [0.05, 0.1) is 5.69 Å². The summed E-state index contributed by atoms with van der Waals surface area (Å²) in [6, 6.07) is 79.5. The van der Waals surface area contributed by atoms with Gasteiger partial charge in [-0.25, -0.2) is 0 Å². The number of hydrogen-bond donors (Lipinski definition) is 0. The Balaban J connectivity index is 1.08. The average Bonchev–Trinajstić information content (AvgIpc) is 3.51. The molecule has 0 bridgehead atoms. The van der Waals surface area contributed by atoms with Crippen molar-refractivity contribution < 1.29 is 0 Å². The second kappa shape index (κ2) is 13.6. The molecule has 1 aliphatic heterocycles. The molecular weight excluding hydrogens is 735 g/mol. The SMILES string of the molecule is CC1(C)c2ccccc2-c2ccc(N(c3ccc(-c4cccc5c4Sc4ccccc4[Si]5(c4ccccc4)c4ccccc4)cc3)c3cccc4ccccc34)cc21. The smallest absolute Gasteiger partial charge is 0.181 e. The largest absolute Gasteiger partial charge is 0.310 e. The van der Waals surface area contributed by atoms with E-state index in [1.165, 1.54) is 80.4 Å². The Morgan fingerprint density at radius 1 is 0.448 bits per heavy atom. The highest BCUT2D eigenvalue weighted by atomic mass is 32.2. The van der Waals surface area contributed by atoms with Crippen LogP contribution in [-0.4, -0.2) is 8.07 Å². The Morgan fingerprint density at radius 3 is 1.83 bits per heavy atom. The fourth-order valence-electron chi connectivity index (χ4n) is 9.91. The van der Waals surface area contributed by atoms with Gasteiger partial charge in [0.15, 0.2) is 8.07 Å². The molecule has 0 N–H and O–H groups in total. The normalized spacial score (nSPS) is 14.2. The predicted molar refractivity (Wildman–Crippen MR) is 249 cm³/mol. The molecule has 0 fully saturated rings. The van der Waals surface area contributed by atoms with Crippen molar-refractivity contribution in [3.8, 4) is 22.3 Å². The van der Waals surface area contributed by atoms with Crippen molar-refractivity contribution in [1.29, 1.82) is 0 Å². The zero-order valence-electron chi connectivity index (χ0n) is 32.6. The minimum absolute atomic E-state index is 0.100. The van der Waals surface area contributed by atoms with Gasteiger partial charge in [-0.15, -0.1) is 0 Å². The third-order valence-corrected chi connectivity index (χ3v) is 19.1. The molecule has 0 saturated carbocycles. The highest BCUT2D eigenvalue weighted by Crippen LogP contribution is 2.51. The topological polar surface area (TPSA) is 3.24 Å². The maximum atomic E-state index is 2.46. The average molecular weight is 776 g/mol. The second-order valence-electron chi connectivity index (χ2n) is 16.0. The highest BCUT2D eigenvalue weighted by Gasteiger charge is 2.47. The Morgan fingerprint density at radius 2 is 1.03 bits per heavy atom. The van der Waals surface area contributed by atoms with Crippen molar-refractivity contribution in [2.24, 2.45) is 0 Å². The zero-order chi connectivity index (χ0) is 38.8. The molecule has 3 heteroatoms. The summed E-state index contributed by atoms with van der Waals surface area (Å²) in [5.74, 6) is 0. The van der Waals surface area contributed by atoms with E-state index in [2.05, 4.69) is 231 Å². The summed E-state index contributed by atoms with van der Waals surface area (Å²) >= 11 is 1.93. The molecule has 11 rings (SSSR count). The van der Waals surface area contributed by atoms with E-state index in [1.54, 1.807) is 0 Å². The lowest BCUT2D eigenvalue weighted by atomic mass is 9.82. The van der Waals surface area contributed by atoms with Crippen LogP contribution in [0.5, 0.6) is 0 Å². The Kier molecular flexibility index (Phi) is 8.18. The molecular formula is C55H41NSSi. The fraction of sp³-hybridized carbons (Fsp3) is 0.0545. The molecule has 1 heterocycles. The van der Waals surface area contributed by atoms with E-state index in [0.29, 0.717) is 0 Å². The lowest BCUT2D eigenvalue weighted by Crippen LogP contribution is -2.76. The quantitative estimate of drug-likeness (QED) is 0.155. The van der Waals surface area contributed by atoms with Gasteiger partial charge in [0, 0.05) is 32.0 Å². The number of hydrogen-bond acceptors (Lipinski definition) is 2. The van der Waals surface area contributed by atoms with E-state index >= 15 is 0 Å². The maximum Gasteiger partial charge on any atom is 0.181 e. The second-order valence-corrected chi connectivity index (χ2v) is 20.8. The lowest BCUT2D eigenvalue weighted by Gasteiger charge is -2.40. The van der Waals surface area contributed by atoms with Gasteiger partial charge in [0.1, 0.15) is 0 Å². The summed E-state index contributed by atoms with van der Waals surface area (Å²) in [6.45, 7) is 4.73. The van der Waals surface area contributed by atoms with Crippen LogP contribution in [-0.2, 0) is 5.41 Å². The van der Waals surface area contributed by atoms with Gasteiger partial charge in [-0.05, 0) is 95.9 Å². The Hall–Kier alpha value is -6.39. The number of benzene rings is 9. The molecule has 0 radical (unpaired) electrons. The summed E-state index contributed by atoms with van der Waals surface area (Å²) in [6.07, 6.45) is 0. The van der Waals surface area contributed by atoms with E-state index in [4.69, 9.17) is 0 Å².